The molecule has 1 amide bonds. The van der Waals surface area contributed by atoms with Gasteiger partial charge in [-0.2, -0.15) is 0 Å². The van der Waals surface area contributed by atoms with Crippen LogP contribution in [0.1, 0.15) is 12.0 Å². The van der Waals surface area contributed by atoms with E-state index in [9.17, 15) is 4.79 Å². The van der Waals surface area contributed by atoms with E-state index in [2.05, 4.69) is 10.3 Å². The number of hydrogen-bond donors (Lipinski definition) is 1. The summed E-state index contributed by atoms with van der Waals surface area (Å²) in [6.07, 6.45) is 2.94. The van der Waals surface area contributed by atoms with E-state index in [-0.39, 0.29) is 5.91 Å². The predicted molar refractivity (Wildman–Crippen MR) is 47.7 cm³/mol. The Morgan fingerprint density at radius 1 is 1.54 bits per heavy atom. The number of nitrogens with zero attached hydrogens (tertiary/aromatic N) is 1. The third-order valence-corrected chi connectivity index (χ3v) is 2.07. The Balaban J connectivity index is 2.36. The van der Waals surface area contributed by atoms with Crippen molar-refractivity contribution in [1.29, 1.82) is 0 Å². The number of rotatable bonds is 1. The van der Waals surface area contributed by atoms with E-state index in [4.69, 9.17) is 4.74 Å². The van der Waals surface area contributed by atoms with Crippen molar-refractivity contribution in [3.63, 3.8) is 0 Å². The SMILES string of the molecule is COc1cc2c(cn1)NC(=O)CC2. The standard InChI is InChI=1S/C9H10N2O2/c1-13-9-4-6-2-3-8(12)11-7(6)5-10-9/h4-5H,2-3H2,1H3,(H,11,12). The minimum absolute atomic E-state index is 0.0551. The first-order valence-corrected chi connectivity index (χ1v) is 4.12. The van der Waals surface area contributed by atoms with E-state index in [0.717, 1.165) is 17.7 Å². The van der Waals surface area contributed by atoms with Crippen LogP contribution in [0, 0.1) is 0 Å². The van der Waals surface area contributed by atoms with E-state index < -0.39 is 0 Å². The maximum Gasteiger partial charge on any atom is 0.224 e. The number of carbonyl (C=O) groups excluding carboxylic acids is 1. The molecule has 0 bridgehead atoms. The minimum Gasteiger partial charge on any atom is -0.481 e. The second-order valence-electron chi connectivity index (χ2n) is 2.93. The molecule has 0 saturated carbocycles. The van der Waals surface area contributed by atoms with Crippen LogP contribution in [-0.2, 0) is 11.2 Å². The van der Waals surface area contributed by atoms with Gasteiger partial charge in [-0.15, -0.1) is 0 Å². The fourth-order valence-corrected chi connectivity index (χ4v) is 1.37. The van der Waals surface area contributed by atoms with Crippen LogP contribution >= 0.6 is 0 Å². The van der Waals surface area contributed by atoms with E-state index in [1.54, 1.807) is 13.3 Å². The first kappa shape index (κ1) is 8.04. The molecular formula is C9H10N2O2. The molecule has 2 heterocycles. The fourth-order valence-electron chi connectivity index (χ4n) is 1.37. The monoisotopic (exact) mass is 178 g/mol. The molecule has 1 aromatic rings. The molecule has 0 spiro atoms. The van der Waals surface area contributed by atoms with Crippen molar-refractivity contribution in [2.45, 2.75) is 12.8 Å². The topological polar surface area (TPSA) is 51.2 Å². The number of aromatic nitrogens is 1. The normalized spacial score (nSPS) is 14.7. The number of aryl methyl sites for hydroxylation is 1. The number of amides is 1. The number of fused-ring (bicyclic) bond motifs is 1. The highest BCUT2D eigenvalue weighted by Crippen LogP contribution is 2.24. The lowest BCUT2D eigenvalue weighted by Gasteiger charge is -2.16. The number of nitrogens with one attached hydrogen (secondary N) is 1. The van der Waals surface area contributed by atoms with Crippen LogP contribution in [0.15, 0.2) is 12.3 Å². The van der Waals surface area contributed by atoms with Crippen molar-refractivity contribution in [2.24, 2.45) is 0 Å². The molecule has 2 rings (SSSR count). The summed E-state index contributed by atoms with van der Waals surface area (Å²) in [5, 5.41) is 2.75. The predicted octanol–water partition coefficient (Wildman–Crippen LogP) is 0.975. The molecule has 0 saturated heterocycles. The van der Waals surface area contributed by atoms with Crippen molar-refractivity contribution in [2.75, 3.05) is 12.4 Å². The molecule has 4 nitrogen and oxygen atoms in total. The molecule has 13 heavy (non-hydrogen) atoms. The third-order valence-electron chi connectivity index (χ3n) is 2.07. The molecule has 0 atom stereocenters. The van der Waals surface area contributed by atoms with Crippen LogP contribution in [-0.4, -0.2) is 18.0 Å². The highest BCUT2D eigenvalue weighted by atomic mass is 16.5. The van der Waals surface area contributed by atoms with Crippen molar-refractivity contribution in [3.8, 4) is 5.88 Å². The number of pyridine rings is 1. The highest BCUT2D eigenvalue weighted by Gasteiger charge is 2.15. The molecule has 68 valence electrons. The zero-order chi connectivity index (χ0) is 9.26. The molecule has 4 heteroatoms. The van der Waals surface area contributed by atoms with Crippen LogP contribution in [0.4, 0.5) is 5.69 Å². The molecule has 0 aromatic carbocycles. The Kier molecular flexibility index (Phi) is 1.88. The summed E-state index contributed by atoms with van der Waals surface area (Å²) in [6, 6.07) is 1.86. The van der Waals surface area contributed by atoms with Crippen LogP contribution in [0.2, 0.25) is 0 Å². The lowest BCUT2D eigenvalue weighted by Crippen LogP contribution is -2.19. The molecule has 1 aromatic heterocycles. The Labute approximate surface area is 75.9 Å². The van der Waals surface area contributed by atoms with Crippen LogP contribution < -0.4 is 10.1 Å². The zero-order valence-corrected chi connectivity index (χ0v) is 7.33. The lowest BCUT2D eigenvalue weighted by atomic mass is 10.1. The average Bonchev–Trinajstić information content (AvgIpc) is 2.17. The summed E-state index contributed by atoms with van der Waals surface area (Å²) in [7, 11) is 1.58. The van der Waals surface area contributed by atoms with Gasteiger partial charge < -0.3 is 10.1 Å². The molecular weight excluding hydrogens is 168 g/mol. The van der Waals surface area contributed by atoms with Gasteiger partial charge >= 0.3 is 0 Å². The van der Waals surface area contributed by atoms with Gasteiger partial charge in [-0.1, -0.05) is 0 Å². The number of anilines is 1. The number of hydrogen-bond acceptors (Lipinski definition) is 3. The van der Waals surface area contributed by atoms with Gasteiger partial charge in [-0.3, -0.25) is 4.79 Å². The summed E-state index contributed by atoms with van der Waals surface area (Å²) >= 11 is 0. The molecule has 1 N–H and O–H groups in total. The van der Waals surface area contributed by atoms with Crippen molar-refractivity contribution in [1.82, 2.24) is 4.98 Å². The minimum atomic E-state index is 0.0551. The van der Waals surface area contributed by atoms with Crippen molar-refractivity contribution in [3.05, 3.63) is 17.8 Å². The van der Waals surface area contributed by atoms with Gasteiger partial charge in [0, 0.05) is 12.5 Å². The van der Waals surface area contributed by atoms with Crippen molar-refractivity contribution >= 4 is 11.6 Å². The Morgan fingerprint density at radius 3 is 3.15 bits per heavy atom. The summed E-state index contributed by atoms with van der Waals surface area (Å²) in [6.45, 7) is 0. The maximum absolute atomic E-state index is 11.0. The van der Waals surface area contributed by atoms with E-state index in [1.165, 1.54) is 0 Å². The highest BCUT2D eigenvalue weighted by molar-refractivity contribution is 5.93. The molecule has 0 radical (unpaired) electrons. The number of methoxy groups -OCH3 is 1. The first-order chi connectivity index (χ1) is 6.29. The first-order valence-electron chi connectivity index (χ1n) is 4.12. The molecule has 0 aliphatic carbocycles. The zero-order valence-electron chi connectivity index (χ0n) is 7.33. The lowest BCUT2D eigenvalue weighted by molar-refractivity contribution is -0.116. The molecule has 1 aliphatic rings. The van der Waals surface area contributed by atoms with E-state index >= 15 is 0 Å². The van der Waals surface area contributed by atoms with Gasteiger partial charge in [-0.25, -0.2) is 4.98 Å². The second-order valence-corrected chi connectivity index (χ2v) is 2.93. The summed E-state index contributed by atoms with van der Waals surface area (Å²) in [5.41, 5.74) is 1.89. The molecule has 0 unspecified atom stereocenters. The van der Waals surface area contributed by atoms with E-state index in [1.807, 2.05) is 6.07 Å². The summed E-state index contributed by atoms with van der Waals surface area (Å²) in [5.74, 6) is 0.648. The molecule has 0 fully saturated rings. The van der Waals surface area contributed by atoms with Crippen LogP contribution in [0.5, 0.6) is 5.88 Å². The summed E-state index contributed by atoms with van der Waals surface area (Å²) < 4.78 is 4.98. The molecule has 1 aliphatic heterocycles. The van der Waals surface area contributed by atoms with Crippen LogP contribution in [0.25, 0.3) is 0 Å². The van der Waals surface area contributed by atoms with Gasteiger partial charge in [-0.05, 0) is 12.0 Å². The number of carbonyl (C=O) groups is 1. The van der Waals surface area contributed by atoms with Gasteiger partial charge in [0.25, 0.3) is 0 Å². The van der Waals surface area contributed by atoms with Crippen LogP contribution in [0.3, 0.4) is 0 Å². The van der Waals surface area contributed by atoms with Gasteiger partial charge in [0.15, 0.2) is 0 Å². The number of ether oxygens (including phenoxy) is 1. The van der Waals surface area contributed by atoms with Gasteiger partial charge in [0.05, 0.1) is 19.0 Å². The smallest absolute Gasteiger partial charge is 0.224 e. The Bertz CT molecular complexity index is 349. The van der Waals surface area contributed by atoms with E-state index in [0.29, 0.717) is 12.3 Å². The van der Waals surface area contributed by atoms with Gasteiger partial charge in [0.2, 0.25) is 11.8 Å². The summed E-state index contributed by atoms with van der Waals surface area (Å²) in [4.78, 5) is 15.0. The van der Waals surface area contributed by atoms with Crippen molar-refractivity contribution < 1.29 is 9.53 Å². The maximum atomic E-state index is 11.0. The largest absolute Gasteiger partial charge is 0.481 e. The third kappa shape index (κ3) is 1.47. The second kappa shape index (κ2) is 3.05. The Morgan fingerprint density at radius 2 is 2.38 bits per heavy atom. The quantitative estimate of drug-likeness (QED) is 0.697. The fraction of sp³-hybridized carbons (Fsp3) is 0.333. The Hall–Kier alpha value is -1.58. The average molecular weight is 178 g/mol. The van der Waals surface area contributed by atoms with Gasteiger partial charge in [0.1, 0.15) is 0 Å².